The lowest BCUT2D eigenvalue weighted by Crippen LogP contribution is -2.16. The summed E-state index contributed by atoms with van der Waals surface area (Å²) in [6, 6.07) is 6.14. The SMILES string of the molecule is CN1CCCC1.CNCCc1ccc2c(c1)OCCO2.O=CCC1CCOCC1. The van der Waals surface area contributed by atoms with E-state index in [1.54, 1.807) is 0 Å². The van der Waals surface area contributed by atoms with Gasteiger partial charge >= 0.3 is 0 Å². The van der Waals surface area contributed by atoms with Gasteiger partial charge < -0.3 is 29.2 Å². The van der Waals surface area contributed by atoms with E-state index in [0.29, 0.717) is 19.1 Å². The van der Waals surface area contributed by atoms with Gasteiger partial charge in [0.05, 0.1) is 0 Å². The fourth-order valence-electron chi connectivity index (χ4n) is 3.51. The van der Waals surface area contributed by atoms with Crippen LogP contribution < -0.4 is 14.8 Å². The van der Waals surface area contributed by atoms with Gasteiger partial charge in [0.15, 0.2) is 11.5 Å². The van der Waals surface area contributed by atoms with Gasteiger partial charge in [0.2, 0.25) is 0 Å². The number of likely N-dealkylation sites (tertiary alicyclic amines) is 1. The van der Waals surface area contributed by atoms with Gasteiger partial charge in [-0.15, -0.1) is 0 Å². The molecular weight excluding hydrogens is 368 g/mol. The third-order valence-corrected chi connectivity index (χ3v) is 5.37. The van der Waals surface area contributed by atoms with Crippen molar-refractivity contribution in [1.29, 1.82) is 0 Å². The van der Waals surface area contributed by atoms with Crippen molar-refractivity contribution in [3.8, 4) is 11.5 Å². The maximum atomic E-state index is 10.0. The van der Waals surface area contributed by atoms with E-state index in [2.05, 4.69) is 29.4 Å². The lowest BCUT2D eigenvalue weighted by molar-refractivity contribution is -0.109. The molecule has 1 N–H and O–H groups in total. The summed E-state index contributed by atoms with van der Waals surface area (Å²) < 4.78 is 16.1. The standard InChI is InChI=1S/C11H15NO2.C7H12O2.C5H11N/c1-12-5-4-9-2-3-10-11(8-9)14-7-6-13-10;8-4-1-7-2-5-9-6-3-7;1-6-4-2-3-5-6/h2-3,8,12H,4-7H2,1H3;4,7H,1-3,5-6H2;2-5H2,1H3. The highest BCUT2D eigenvalue weighted by Gasteiger charge is 2.12. The average molecular weight is 407 g/mol. The minimum atomic E-state index is 0.608. The molecule has 6 nitrogen and oxygen atoms in total. The second kappa shape index (κ2) is 14.4. The van der Waals surface area contributed by atoms with Gasteiger partial charge in [0.25, 0.3) is 0 Å². The number of fused-ring (bicyclic) bond motifs is 1. The van der Waals surface area contributed by atoms with E-state index >= 15 is 0 Å². The number of rotatable bonds is 5. The monoisotopic (exact) mass is 406 g/mol. The molecule has 0 spiro atoms. The van der Waals surface area contributed by atoms with Crippen LogP contribution in [-0.4, -0.2) is 71.3 Å². The van der Waals surface area contributed by atoms with Crippen LogP contribution in [0.25, 0.3) is 0 Å². The first kappa shape index (κ1) is 23.6. The summed E-state index contributed by atoms with van der Waals surface area (Å²) in [4.78, 5) is 12.4. The molecule has 29 heavy (non-hydrogen) atoms. The van der Waals surface area contributed by atoms with Crippen LogP contribution in [0.3, 0.4) is 0 Å². The Kier molecular flexibility index (Phi) is 11.7. The molecule has 2 saturated heterocycles. The molecule has 2 fully saturated rings. The van der Waals surface area contributed by atoms with E-state index in [4.69, 9.17) is 14.2 Å². The average Bonchev–Trinajstić information content (AvgIpc) is 3.25. The summed E-state index contributed by atoms with van der Waals surface area (Å²) in [5.74, 6) is 2.35. The summed E-state index contributed by atoms with van der Waals surface area (Å²) in [6.45, 7) is 6.63. The largest absolute Gasteiger partial charge is 0.486 e. The van der Waals surface area contributed by atoms with E-state index < -0.39 is 0 Å². The molecule has 0 saturated carbocycles. The molecule has 0 aromatic heterocycles. The van der Waals surface area contributed by atoms with Crippen LogP contribution in [-0.2, 0) is 16.0 Å². The highest BCUT2D eigenvalue weighted by molar-refractivity contribution is 5.49. The highest BCUT2D eigenvalue weighted by atomic mass is 16.6. The molecule has 0 atom stereocenters. The molecule has 0 unspecified atom stereocenters. The van der Waals surface area contributed by atoms with Gasteiger partial charge in [0, 0.05) is 19.6 Å². The van der Waals surface area contributed by atoms with Gasteiger partial charge in [-0.1, -0.05) is 6.07 Å². The number of carbonyl (C=O) groups excluding carboxylic acids is 1. The van der Waals surface area contributed by atoms with Crippen molar-refractivity contribution in [2.75, 3.05) is 60.2 Å². The molecule has 1 aromatic rings. The third kappa shape index (κ3) is 9.61. The van der Waals surface area contributed by atoms with Crippen molar-refractivity contribution in [3.63, 3.8) is 0 Å². The number of ether oxygens (including phenoxy) is 3. The minimum absolute atomic E-state index is 0.608. The molecule has 0 bridgehead atoms. The Hall–Kier alpha value is -1.63. The number of hydrogen-bond acceptors (Lipinski definition) is 6. The maximum Gasteiger partial charge on any atom is 0.161 e. The minimum Gasteiger partial charge on any atom is -0.486 e. The molecule has 3 aliphatic heterocycles. The van der Waals surface area contributed by atoms with Gasteiger partial charge in [-0.05, 0) is 89.4 Å². The number of nitrogens with zero attached hydrogens (tertiary/aromatic N) is 1. The van der Waals surface area contributed by atoms with Crippen molar-refractivity contribution in [1.82, 2.24) is 10.2 Å². The zero-order chi connectivity index (χ0) is 20.7. The van der Waals surface area contributed by atoms with Gasteiger partial charge in [-0.3, -0.25) is 0 Å². The topological polar surface area (TPSA) is 60.0 Å². The molecule has 0 radical (unpaired) electrons. The van der Waals surface area contributed by atoms with Crippen molar-refractivity contribution in [2.45, 2.75) is 38.5 Å². The van der Waals surface area contributed by atoms with Crippen molar-refractivity contribution >= 4 is 6.29 Å². The van der Waals surface area contributed by atoms with Crippen LogP contribution in [0.1, 0.15) is 37.7 Å². The number of hydrogen-bond donors (Lipinski definition) is 1. The van der Waals surface area contributed by atoms with Crippen LogP contribution >= 0.6 is 0 Å². The van der Waals surface area contributed by atoms with Crippen LogP contribution in [0.4, 0.5) is 0 Å². The predicted octanol–water partition coefficient (Wildman–Crippen LogP) is 2.93. The first-order valence-electron chi connectivity index (χ1n) is 11.0. The van der Waals surface area contributed by atoms with Crippen LogP contribution in [0.5, 0.6) is 11.5 Å². The van der Waals surface area contributed by atoms with Crippen LogP contribution in [0.15, 0.2) is 18.2 Å². The number of nitrogens with one attached hydrogen (secondary N) is 1. The Labute approximate surface area is 175 Å². The van der Waals surface area contributed by atoms with Crippen molar-refractivity contribution < 1.29 is 19.0 Å². The Morgan fingerprint density at radius 1 is 1.07 bits per heavy atom. The maximum absolute atomic E-state index is 10.0. The Morgan fingerprint density at radius 2 is 1.76 bits per heavy atom. The van der Waals surface area contributed by atoms with E-state index in [9.17, 15) is 4.79 Å². The lowest BCUT2D eigenvalue weighted by Gasteiger charge is -2.19. The predicted molar refractivity (Wildman–Crippen MR) is 116 cm³/mol. The molecule has 164 valence electrons. The number of likely N-dealkylation sites (N-methyl/N-ethyl adjacent to an activating group) is 1. The lowest BCUT2D eigenvalue weighted by atomic mass is 9.98. The molecule has 0 amide bonds. The Bertz CT molecular complexity index is 570. The summed E-state index contributed by atoms with van der Waals surface area (Å²) in [5.41, 5.74) is 1.28. The van der Waals surface area contributed by atoms with Crippen LogP contribution in [0, 0.1) is 5.92 Å². The van der Waals surface area contributed by atoms with Crippen molar-refractivity contribution in [2.24, 2.45) is 5.92 Å². The summed E-state index contributed by atoms with van der Waals surface area (Å²) in [6.07, 6.45) is 7.72. The molecule has 1 aromatic carbocycles. The molecule has 4 rings (SSSR count). The first-order valence-corrected chi connectivity index (χ1v) is 11.0. The third-order valence-electron chi connectivity index (χ3n) is 5.37. The number of benzene rings is 1. The Balaban J connectivity index is 0.000000171. The van der Waals surface area contributed by atoms with E-state index in [1.807, 2.05) is 13.1 Å². The second-order valence-corrected chi connectivity index (χ2v) is 7.80. The Morgan fingerprint density at radius 3 is 2.34 bits per heavy atom. The quantitative estimate of drug-likeness (QED) is 0.759. The summed E-state index contributed by atoms with van der Waals surface area (Å²) >= 11 is 0. The molecule has 6 heteroatoms. The molecule has 3 aliphatic rings. The summed E-state index contributed by atoms with van der Waals surface area (Å²) in [5, 5.41) is 3.12. The van der Waals surface area contributed by atoms with Gasteiger partial charge in [-0.2, -0.15) is 0 Å². The van der Waals surface area contributed by atoms with Gasteiger partial charge in [0.1, 0.15) is 19.5 Å². The fraction of sp³-hybridized carbons (Fsp3) is 0.696. The molecular formula is C23H38N2O4. The smallest absolute Gasteiger partial charge is 0.161 e. The fourth-order valence-corrected chi connectivity index (χ4v) is 3.51. The van der Waals surface area contributed by atoms with Crippen molar-refractivity contribution in [3.05, 3.63) is 23.8 Å². The number of carbonyl (C=O) groups is 1. The van der Waals surface area contributed by atoms with Gasteiger partial charge in [-0.25, -0.2) is 0 Å². The highest BCUT2D eigenvalue weighted by Crippen LogP contribution is 2.30. The number of aldehydes is 1. The molecule has 0 aliphatic carbocycles. The van der Waals surface area contributed by atoms with Crippen LogP contribution in [0.2, 0.25) is 0 Å². The molecule has 3 heterocycles. The first-order chi connectivity index (χ1) is 14.2. The normalized spacial score (nSPS) is 18.8. The van der Waals surface area contributed by atoms with E-state index in [0.717, 1.165) is 63.2 Å². The van der Waals surface area contributed by atoms with E-state index in [1.165, 1.54) is 31.5 Å². The zero-order valence-corrected chi connectivity index (χ0v) is 18.2. The second-order valence-electron chi connectivity index (χ2n) is 7.80. The van der Waals surface area contributed by atoms with E-state index in [-0.39, 0.29) is 0 Å². The summed E-state index contributed by atoms with van der Waals surface area (Å²) in [7, 11) is 4.13. The zero-order valence-electron chi connectivity index (χ0n) is 18.2.